The van der Waals surface area contributed by atoms with E-state index in [1.165, 1.54) is 12.1 Å². The summed E-state index contributed by atoms with van der Waals surface area (Å²) in [5.74, 6) is -5.95. The van der Waals surface area contributed by atoms with Crippen molar-refractivity contribution in [3.8, 4) is 5.75 Å². The van der Waals surface area contributed by atoms with Gasteiger partial charge in [0.05, 0.1) is 25.6 Å². The van der Waals surface area contributed by atoms with Crippen LogP contribution in [0.4, 0.5) is 21.9 Å². The van der Waals surface area contributed by atoms with Gasteiger partial charge in [-0.15, -0.1) is 0 Å². The first-order valence-electron chi connectivity index (χ1n) is 30.6. The number of phenols is 1. The van der Waals surface area contributed by atoms with Gasteiger partial charge >= 0.3 is 23.9 Å². The van der Waals surface area contributed by atoms with Crippen molar-refractivity contribution in [3.05, 3.63) is 116 Å². The van der Waals surface area contributed by atoms with Crippen LogP contribution in [-0.2, 0) is 44.9 Å². The third-order valence-electron chi connectivity index (χ3n) is 14.9. The fourth-order valence-corrected chi connectivity index (χ4v) is 9.92. The minimum atomic E-state index is -1.13. The summed E-state index contributed by atoms with van der Waals surface area (Å²) >= 11 is 0. The van der Waals surface area contributed by atoms with Crippen LogP contribution in [0.25, 0.3) is 0 Å². The zero-order valence-electron chi connectivity index (χ0n) is 52.0. The molecule has 0 saturated carbocycles. The van der Waals surface area contributed by atoms with Crippen molar-refractivity contribution in [2.45, 2.75) is 63.3 Å². The van der Waals surface area contributed by atoms with Gasteiger partial charge in [-0.05, 0) is 60.2 Å². The Morgan fingerprint density at radius 3 is 1.67 bits per heavy atom. The van der Waals surface area contributed by atoms with Gasteiger partial charge in [0.15, 0.2) is 12.2 Å². The molecule has 18 N–H and O–H groups in total. The van der Waals surface area contributed by atoms with Crippen molar-refractivity contribution in [1.82, 2.24) is 56.8 Å². The molecule has 1 heterocycles. The summed E-state index contributed by atoms with van der Waals surface area (Å²) in [6, 6.07) is 19.7. The number of carboxylic acid groups (broad SMARTS) is 3. The Morgan fingerprint density at radius 1 is 0.581 bits per heavy atom. The van der Waals surface area contributed by atoms with Crippen LogP contribution in [0.15, 0.2) is 93.4 Å². The van der Waals surface area contributed by atoms with Gasteiger partial charge in [-0.1, -0.05) is 61.5 Å². The molecule has 4 atom stereocenters. The minimum Gasteiger partial charge on any atom is -0.508 e. The zero-order chi connectivity index (χ0) is 67.7. The van der Waals surface area contributed by atoms with Crippen LogP contribution < -0.4 is 75.5 Å². The number of nitrogens with one attached hydrogen (secondary N) is 10. The quantitative estimate of drug-likeness (QED) is 0.00713. The number of phenolic OH excluding ortho intramolecular Hbond substituents is 1. The Balaban J connectivity index is 1.12. The predicted octanol–water partition coefficient (Wildman–Crippen LogP) is -2.80. The molecule has 32 heteroatoms. The normalized spacial score (nSPS) is 15.1. The lowest BCUT2D eigenvalue weighted by Crippen LogP contribution is -2.60. The number of aliphatic imine (C=N–C) groups is 1. The average molecular weight is 1300 g/mol. The Morgan fingerprint density at radius 2 is 1.11 bits per heavy atom. The number of urea groups is 1. The van der Waals surface area contributed by atoms with E-state index in [9.17, 15) is 73.2 Å². The largest absolute Gasteiger partial charge is 0.508 e. The lowest BCUT2D eigenvalue weighted by Gasteiger charge is -2.36. The van der Waals surface area contributed by atoms with Crippen LogP contribution in [0.1, 0.15) is 55.2 Å². The molecule has 93 heavy (non-hydrogen) atoms. The van der Waals surface area contributed by atoms with Gasteiger partial charge in [-0.25, -0.2) is 4.79 Å². The first kappa shape index (κ1) is 74.1. The number of amides is 6. The predicted molar refractivity (Wildman–Crippen MR) is 346 cm³/mol. The molecule has 1 fully saturated rings. The van der Waals surface area contributed by atoms with Crippen molar-refractivity contribution in [3.63, 3.8) is 0 Å². The van der Waals surface area contributed by atoms with Gasteiger partial charge in [0.25, 0.3) is 10.9 Å². The SMILES string of the molecule is CCC(=O)NCCNC(=O)/N=C(/N)NCCC[C@@H](NC(=O)[C@H](c1ccccc1)c1ccc(NCCCNc2c(NCCNC(=O)[C@@H](CN)NC(C=O)N3CCN(CC(=O)O)CCN(CC(=O)O)CCN(CC(=O)O)CC3)c(=O)c2=O)cc1)C(=O)NCc1ccc(O)cc1. The van der Waals surface area contributed by atoms with Crippen molar-refractivity contribution >= 4 is 76.9 Å². The number of benzene rings is 3. The smallest absolute Gasteiger partial charge is 0.344 e. The van der Waals surface area contributed by atoms with E-state index in [2.05, 4.69) is 58.2 Å². The molecule has 1 aliphatic heterocycles. The molecule has 6 amide bonds. The van der Waals surface area contributed by atoms with E-state index in [1.54, 1.807) is 75.1 Å². The van der Waals surface area contributed by atoms with E-state index in [1.807, 2.05) is 18.2 Å². The van der Waals surface area contributed by atoms with Gasteiger partial charge in [0, 0.05) is 123 Å². The highest BCUT2D eigenvalue weighted by Gasteiger charge is 2.30. The standard InChI is InChI=1S/C61H87N17O15/c1-2-48(81)65-22-25-70-61(93)74-60(63)69-19-6-10-45(57(90)71-35-40-11-17-44(80)18-12-40)73-59(92)52(41-8-4-3-5-9-41)42-13-15-43(16-14-42)64-20-7-21-66-53-54(56(89)55(53)88)67-23-24-68-58(91)46(34-62)72-47(39-79)78-32-30-76(37-50(84)85)28-26-75(36-49(82)83)27-29-77(31-33-78)38-51(86)87/h3-5,8-9,11-18,39,45-47,52,64,66-67,72,80H,2,6-7,10,19-38,62H2,1H3,(H,65,81)(H,68,91)(H,71,90)(H,73,92)(H,82,83)(H,84,85)(H,86,87)(H4,63,69,70,74,93)/t45-,46-,47?,52-/m1/s1. The van der Waals surface area contributed by atoms with Crippen LogP contribution in [0.3, 0.4) is 0 Å². The Kier molecular flexibility index (Phi) is 31.6. The summed E-state index contributed by atoms with van der Waals surface area (Å²) in [4.78, 5) is 149. The molecule has 32 nitrogen and oxygen atoms in total. The molecular formula is C61H87N17O15. The first-order chi connectivity index (χ1) is 44.7. The van der Waals surface area contributed by atoms with Crippen molar-refractivity contribution in [2.24, 2.45) is 16.5 Å². The number of carboxylic acids is 3. The third-order valence-corrected chi connectivity index (χ3v) is 14.9. The van der Waals surface area contributed by atoms with Gasteiger partial charge in [0.2, 0.25) is 23.6 Å². The molecule has 5 rings (SSSR count). The summed E-state index contributed by atoms with van der Waals surface area (Å²) < 4.78 is 0. The number of carbonyl (C=O) groups is 9. The topological polar surface area (TPSA) is 466 Å². The molecule has 0 spiro atoms. The molecule has 4 aromatic carbocycles. The van der Waals surface area contributed by atoms with Crippen molar-refractivity contribution in [2.75, 3.05) is 140 Å². The number of nitrogens with zero attached hydrogens (tertiary/aromatic N) is 5. The van der Waals surface area contributed by atoms with E-state index < -0.39 is 76.7 Å². The van der Waals surface area contributed by atoms with E-state index >= 15 is 0 Å². The fraction of sp³-hybridized carbons (Fsp3) is 0.475. The van der Waals surface area contributed by atoms with Crippen molar-refractivity contribution < 1.29 is 63.6 Å². The number of anilines is 3. The van der Waals surface area contributed by atoms with Crippen LogP contribution in [0.5, 0.6) is 5.75 Å². The second-order valence-electron chi connectivity index (χ2n) is 21.8. The highest BCUT2D eigenvalue weighted by molar-refractivity contribution is 5.93. The number of nitrogens with two attached hydrogens (primary N) is 2. The third kappa shape index (κ3) is 26.3. The summed E-state index contributed by atoms with van der Waals surface area (Å²) in [7, 11) is 0. The van der Waals surface area contributed by atoms with Crippen LogP contribution in [-0.4, -0.2) is 242 Å². The van der Waals surface area contributed by atoms with Gasteiger partial charge in [-0.3, -0.25) is 68.1 Å². The molecule has 4 aromatic rings. The lowest BCUT2D eigenvalue weighted by molar-refractivity contribution is -0.140. The second-order valence-corrected chi connectivity index (χ2v) is 21.8. The molecule has 0 radical (unpaired) electrons. The number of aldehydes is 1. The Labute approximate surface area is 537 Å². The number of guanidine groups is 1. The lowest BCUT2D eigenvalue weighted by atomic mass is 9.90. The van der Waals surface area contributed by atoms with Crippen LogP contribution in [0, 0.1) is 0 Å². The molecule has 0 aromatic heterocycles. The fourth-order valence-electron chi connectivity index (χ4n) is 9.92. The van der Waals surface area contributed by atoms with Gasteiger partial charge in [0.1, 0.15) is 35.4 Å². The maximum Gasteiger partial charge on any atom is 0.344 e. The van der Waals surface area contributed by atoms with E-state index in [4.69, 9.17) is 11.5 Å². The summed E-state index contributed by atoms with van der Waals surface area (Å²) in [5, 5.41) is 67.1. The van der Waals surface area contributed by atoms with Gasteiger partial charge in [-0.2, -0.15) is 4.99 Å². The average Bonchev–Trinajstić information content (AvgIpc) is 0.807. The zero-order valence-corrected chi connectivity index (χ0v) is 52.0. The molecule has 0 aliphatic carbocycles. The molecule has 1 saturated heterocycles. The molecule has 506 valence electrons. The highest BCUT2D eigenvalue weighted by atomic mass is 16.4. The minimum absolute atomic E-state index is 0.0235. The van der Waals surface area contributed by atoms with Crippen LogP contribution >= 0.6 is 0 Å². The van der Waals surface area contributed by atoms with E-state index in [0.717, 1.165) is 0 Å². The number of hydrogen-bond donors (Lipinski definition) is 16. The molecular weight excluding hydrogens is 1210 g/mol. The number of aliphatic carboxylic acids is 3. The number of rotatable bonds is 37. The number of carbonyl (C=O) groups excluding carboxylic acids is 6. The maximum atomic E-state index is 14.4. The highest BCUT2D eigenvalue weighted by Crippen LogP contribution is 2.27. The monoisotopic (exact) mass is 1300 g/mol. The van der Waals surface area contributed by atoms with E-state index in [-0.39, 0.29) is 160 Å². The van der Waals surface area contributed by atoms with E-state index in [0.29, 0.717) is 54.5 Å². The molecule has 0 bridgehead atoms. The second kappa shape index (κ2) is 39.6. The Bertz CT molecular complexity index is 3160. The summed E-state index contributed by atoms with van der Waals surface area (Å²) in [6.07, 6.45) is 0.703. The number of hydrogen-bond acceptors (Lipinski definition) is 21. The molecule has 1 aliphatic rings. The van der Waals surface area contributed by atoms with Gasteiger partial charge < -0.3 is 84.5 Å². The van der Waals surface area contributed by atoms with Crippen LogP contribution in [0.2, 0.25) is 0 Å². The summed E-state index contributed by atoms with van der Waals surface area (Å²) in [5.41, 5.74) is 13.3. The first-order valence-corrected chi connectivity index (χ1v) is 30.6. The number of aromatic hydroxyl groups is 1. The molecule has 1 unspecified atom stereocenters. The summed E-state index contributed by atoms with van der Waals surface area (Å²) in [6.45, 7) is 2.89. The Hall–Kier alpha value is -9.60. The van der Waals surface area contributed by atoms with Crippen molar-refractivity contribution in [1.29, 1.82) is 0 Å². The maximum absolute atomic E-state index is 14.4.